The fourth-order valence-corrected chi connectivity index (χ4v) is 2.82. The Morgan fingerprint density at radius 2 is 2.18 bits per heavy atom. The largest absolute Gasteiger partial charge is 0.395 e. The van der Waals surface area contributed by atoms with Gasteiger partial charge in [0.2, 0.25) is 0 Å². The van der Waals surface area contributed by atoms with Crippen LogP contribution in [0.2, 0.25) is 0 Å². The number of piperidine rings is 1. The number of likely N-dealkylation sites (tertiary alicyclic amines) is 1. The second kappa shape index (κ2) is 7.08. The molecule has 0 saturated carbocycles. The summed E-state index contributed by atoms with van der Waals surface area (Å²) < 4.78 is 0. The molecule has 4 N–H and O–H groups in total. The van der Waals surface area contributed by atoms with Crippen molar-refractivity contribution in [1.82, 2.24) is 10.2 Å². The molecule has 0 aliphatic carbocycles. The molecule has 1 heterocycles. The van der Waals surface area contributed by atoms with Crippen molar-refractivity contribution in [3.8, 4) is 0 Å². The van der Waals surface area contributed by atoms with Gasteiger partial charge in [0.15, 0.2) is 0 Å². The Morgan fingerprint density at radius 3 is 2.59 bits per heavy atom. The van der Waals surface area contributed by atoms with Crippen molar-refractivity contribution in [1.29, 1.82) is 0 Å². The number of carbonyl (C=O) groups is 1. The number of urea groups is 1. The van der Waals surface area contributed by atoms with Crippen LogP contribution < -0.4 is 11.1 Å². The maximum Gasteiger partial charge on any atom is 0.314 e. The molecule has 17 heavy (non-hydrogen) atoms. The summed E-state index contributed by atoms with van der Waals surface area (Å²) in [6.45, 7) is 3.73. The lowest BCUT2D eigenvalue weighted by atomic mass is 10.0. The summed E-state index contributed by atoms with van der Waals surface area (Å²) in [4.78, 5) is 12.7. The Balaban J connectivity index is 2.32. The van der Waals surface area contributed by atoms with Crippen LogP contribution in [-0.2, 0) is 0 Å². The summed E-state index contributed by atoms with van der Waals surface area (Å²) in [5, 5.41) is 13.0. The molecule has 100 valence electrons. The summed E-state index contributed by atoms with van der Waals surface area (Å²) in [7, 11) is 0. The van der Waals surface area contributed by atoms with Crippen molar-refractivity contribution in [2.45, 2.75) is 37.1 Å². The van der Waals surface area contributed by atoms with E-state index in [9.17, 15) is 9.90 Å². The van der Waals surface area contributed by atoms with Crippen LogP contribution in [0.25, 0.3) is 0 Å². The fraction of sp³-hybridized carbons (Fsp3) is 0.909. The van der Waals surface area contributed by atoms with Crippen molar-refractivity contribution >= 4 is 17.8 Å². The Bertz CT molecular complexity index is 241. The van der Waals surface area contributed by atoms with E-state index in [1.54, 1.807) is 16.7 Å². The first kappa shape index (κ1) is 14.6. The van der Waals surface area contributed by atoms with Crippen LogP contribution in [0.1, 0.15) is 19.8 Å². The minimum Gasteiger partial charge on any atom is -0.395 e. The predicted octanol–water partition coefficient (Wildman–Crippen LogP) is 0.232. The Labute approximate surface area is 107 Å². The van der Waals surface area contributed by atoms with Gasteiger partial charge in [0.25, 0.3) is 0 Å². The van der Waals surface area contributed by atoms with E-state index in [0.29, 0.717) is 6.04 Å². The number of nitrogens with zero attached hydrogens (tertiary/aromatic N) is 1. The maximum absolute atomic E-state index is 11.0. The highest BCUT2D eigenvalue weighted by Crippen LogP contribution is 2.15. The lowest BCUT2D eigenvalue weighted by molar-refractivity contribution is 0.181. The van der Waals surface area contributed by atoms with E-state index in [1.165, 1.54) is 0 Å². The van der Waals surface area contributed by atoms with Crippen molar-refractivity contribution < 1.29 is 9.90 Å². The Kier molecular flexibility index (Phi) is 6.08. The van der Waals surface area contributed by atoms with Gasteiger partial charge >= 0.3 is 6.03 Å². The number of hydrogen-bond donors (Lipinski definition) is 3. The summed E-state index contributed by atoms with van der Waals surface area (Å²) >= 11 is 1.68. The molecule has 5 nitrogen and oxygen atoms in total. The molecule has 2 atom stereocenters. The molecular weight excluding hydrogens is 238 g/mol. The highest BCUT2D eigenvalue weighted by atomic mass is 32.2. The predicted molar refractivity (Wildman–Crippen MR) is 71.2 cm³/mol. The molecule has 2 amide bonds. The molecule has 0 aromatic rings. The Hall–Kier alpha value is -0.460. The number of primary amides is 1. The van der Waals surface area contributed by atoms with Gasteiger partial charge in [-0.1, -0.05) is 0 Å². The molecule has 1 fully saturated rings. The third-order valence-corrected chi connectivity index (χ3v) is 4.51. The minimum absolute atomic E-state index is 0.190. The number of thioether (sulfide) groups is 1. The molecule has 1 aliphatic rings. The summed E-state index contributed by atoms with van der Waals surface area (Å²) in [5.74, 6) is 0. The van der Waals surface area contributed by atoms with Crippen molar-refractivity contribution in [2.24, 2.45) is 5.73 Å². The second-order valence-electron chi connectivity index (χ2n) is 4.51. The monoisotopic (exact) mass is 261 g/mol. The Morgan fingerprint density at radius 1 is 1.59 bits per heavy atom. The molecule has 0 aromatic heterocycles. The standard InChI is InChI=1S/C11H23N3O2S/c1-8(10(7-15)17-2)13-9-3-5-14(6-4-9)11(12)16/h8-10,13,15H,3-7H2,1-2H3,(H2,12,16). The van der Waals surface area contributed by atoms with Gasteiger partial charge in [-0.3, -0.25) is 0 Å². The van der Waals surface area contributed by atoms with Gasteiger partial charge in [-0.2, -0.15) is 11.8 Å². The third kappa shape index (κ3) is 4.37. The fourth-order valence-electron chi connectivity index (χ4n) is 2.18. The SMILES string of the molecule is CSC(CO)C(C)NC1CCN(C(N)=O)CC1. The van der Waals surface area contributed by atoms with Gasteiger partial charge in [-0.05, 0) is 26.0 Å². The topological polar surface area (TPSA) is 78.6 Å². The number of nitrogens with two attached hydrogens (primary N) is 1. The zero-order valence-electron chi connectivity index (χ0n) is 10.6. The molecule has 1 aliphatic heterocycles. The molecule has 6 heteroatoms. The van der Waals surface area contributed by atoms with E-state index in [1.807, 2.05) is 6.26 Å². The van der Waals surface area contributed by atoms with Gasteiger partial charge in [-0.25, -0.2) is 4.79 Å². The highest BCUT2D eigenvalue weighted by molar-refractivity contribution is 7.99. The van der Waals surface area contributed by atoms with Crippen LogP contribution in [0, 0.1) is 0 Å². The number of rotatable bonds is 5. The maximum atomic E-state index is 11.0. The number of aliphatic hydroxyl groups is 1. The van der Waals surface area contributed by atoms with Crippen LogP contribution in [0.3, 0.4) is 0 Å². The lowest BCUT2D eigenvalue weighted by Gasteiger charge is -2.34. The average Bonchev–Trinajstić information content (AvgIpc) is 2.31. The van der Waals surface area contributed by atoms with Crippen molar-refractivity contribution in [3.63, 3.8) is 0 Å². The van der Waals surface area contributed by atoms with Crippen LogP contribution >= 0.6 is 11.8 Å². The van der Waals surface area contributed by atoms with Gasteiger partial charge in [0.05, 0.1) is 6.61 Å². The van der Waals surface area contributed by atoms with Gasteiger partial charge in [0.1, 0.15) is 0 Å². The number of amides is 2. The van der Waals surface area contributed by atoms with Crippen molar-refractivity contribution in [2.75, 3.05) is 26.0 Å². The molecule has 1 rings (SSSR count). The zero-order valence-corrected chi connectivity index (χ0v) is 11.4. The number of hydrogen-bond acceptors (Lipinski definition) is 4. The first-order valence-corrected chi connectivity index (χ1v) is 7.31. The van der Waals surface area contributed by atoms with Crippen LogP contribution in [0.15, 0.2) is 0 Å². The average molecular weight is 261 g/mol. The molecule has 2 unspecified atom stereocenters. The van der Waals surface area contributed by atoms with Crippen LogP contribution in [0.5, 0.6) is 0 Å². The molecule has 0 aromatic carbocycles. The minimum atomic E-state index is -0.325. The number of nitrogens with one attached hydrogen (secondary N) is 1. The van der Waals surface area contributed by atoms with Gasteiger partial charge in [-0.15, -0.1) is 0 Å². The summed E-state index contributed by atoms with van der Waals surface area (Å²) in [6, 6.07) is 0.371. The molecular formula is C11H23N3O2S. The lowest BCUT2D eigenvalue weighted by Crippen LogP contribution is -2.50. The van der Waals surface area contributed by atoms with E-state index < -0.39 is 0 Å². The molecule has 0 bridgehead atoms. The third-order valence-electron chi connectivity index (χ3n) is 3.35. The number of aliphatic hydroxyl groups excluding tert-OH is 1. The summed E-state index contributed by atoms with van der Waals surface area (Å²) in [5.41, 5.74) is 5.24. The van der Waals surface area contributed by atoms with Gasteiger partial charge < -0.3 is 21.1 Å². The summed E-state index contributed by atoms with van der Waals surface area (Å²) in [6.07, 6.45) is 3.87. The first-order chi connectivity index (χ1) is 8.08. The van der Waals surface area contributed by atoms with Crippen molar-refractivity contribution in [3.05, 3.63) is 0 Å². The molecule has 0 radical (unpaired) electrons. The smallest absolute Gasteiger partial charge is 0.314 e. The van der Waals surface area contributed by atoms with E-state index in [0.717, 1.165) is 25.9 Å². The highest BCUT2D eigenvalue weighted by Gasteiger charge is 2.24. The van der Waals surface area contributed by atoms with E-state index in [4.69, 9.17) is 5.73 Å². The van der Waals surface area contributed by atoms with E-state index in [2.05, 4.69) is 12.2 Å². The first-order valence-electron chi connectivity index (χ1n) is 6.02. The second-order valence-corrected chi connectivity index (χ2v) is 5.59. The normalized spacial score (nSPS) is 21.2. The molecule has 1 saturated heterocycles. The molecule has 0 spiro atoms. The van der Waals surface area contributed by atoms with E-state index >= 15 is 0 Å². The quantitative estimate of drug-likeness (QED) is 0.662. The number of carbonyl (C=O) groups excluding carboxylic acids is 1. The zero-order chi connectivity index (χ0) is 12.8. The van der Waals surface area contributed by atoms with Crippen LogP contribution in [0.4, 0.5) is 4.79 Å². The van der Waals surface area contributed by atoms with E-state index in [-0.39, 0.29) is 23.9 Å². The van der Waals surface area contributed by atoms with Crippen LogP contribution in [-0.4, -0.2) is 59.3 Å². The van der Waals surface area contributed by atoms with Gasteiger partial charge in [0, 0.05) is 30.4 Å².